The summed E-state index contributed by atoms with van der Waals surface area (Å²) in [5, 5.41) is 17.1. The van der Waals surface area contributed by atoms with Gasteiger partial charge in [0, 0.05) is 18.3 Å². The summed E-state index contributed by atoms with van der Waals surface area (Å²) in [6.45, 7) is 5.25. The van der Waals surface area contributed by atoms with Gasteiger partial charge in [0.25, 0.3) is 0 Å². The van der Waals surface area contributed by atoms with Crippen molar-refractivity contribution in [2.75, 3.05) is 0 Å². The summed E-state index contributed by atoms with van der Waals surface area (Å²) in [7, 11) is 0. The number of nitrogens with zero attached hydrogens (tertiary/aromatic N) is 1. The standard InChI is InChI=1S/C24H34N6O5/c1-14(2)9-19(29-22(32)18(25)10-16-7-5-4-6-8-16)23(33)28-15(3)21(31)30-20(24(34)35)11-17-12-26-13-27-17/h4-8,12-15,18-20H,9-11,25H2,1-3H3,(H,26,27)(H,28,33)(H,29,32)(H,30,31)(H,34,35). The van der Waals surface area contributed by atoms with Gasteiger partial charge >= 0.3 is 5.97 Å². The van der Waals surface area contributed by atoms with E-state index in [1.807, 2.05) is 44.2 Å². The molecule has 7 N–H and O–H groups in total. The van der Waals surface area contributed by atoms with E-state index >= 15 is 0 Å². The number of carbonyl (C=O) groups is 4. The lowest BCUT2D eigenvalue weighted by Gasteiger charge is -2.24. The molecule has 0 saturated heterocycles. The molecule has 0 radical (unpaired) electrons. The molecular weight excluding hydrogens is 452 g/mol. The Kier molecular flexibility index (Phi) is 10.4. The van der Waals surface area contributed by atoms with Crippen molar-refractivity contribution >= 4 is 23.7 Å². The number of aromatic amines is 1. The van der Waals surface area contributed by atoms with Crippen LogP contribution in [0.3, 0.4) is 0 Å². The molecule has 2 aromatic rings. The molecule has 1 aromatic carbocycles. The number of nitrogens with one attached hydrogen (secondary N) is 4. The first-order valence-electron chi connectivity index (χ1n) is 11.5. The largest absolute Gasteiger partial charge is 0.480 e. The lowest BCUT2D eigenvalue weighted by Crippen LogP contribution is -2.57. The van der Waals surface area contributed by atoms with E-state index in [9.17, 15) is 24.3 Å². The fraction of sp³-hybridized carbons (Fsp3) is 0.458. The van der Waals surface area contributed by atoms with Crippen molar-refractivity contribution in [2.45, 2.75) is 64.2 Å². The number of hydrogen-bond acceptors (Lipinski definition) is 6. The minimum Gasteiger partial charge on any atom is -0.480 e. The summed E-state index contributed by atoms with van der Waals surface area (Å²) >= 11 is 0. The van der Waals surface area contributed by atoms with Gasteiger partial charge in [0.05, 0.1) is 12.4 Å². The molecule has 1 aromatic heterocycles. The maximum absolute atomic E-state index is 12.9. The Morgan fingerprint density at radius 1 is 0.943 bits per heavy atom. The van der Waals surface area contributed by atoms with Gasteiger partial charge in [0.15, 0.2) is 0 Å². The summed E-state index contributed by atoms with van der Waals surface area (Å²) in [4.78, 5) is 56.3. The van der Waals surface area contributed by atoms with E-state index in [-0.39, 0.29) is 12.3 Å². The molecule has 2 rings (SSSR count). The molecule has 1 heterocycles. The second kappa shape index (κ2) is 13.2. The smallest absolute Gasteiger partial charge is 0.326 e. The first kappa shape index (κ1) is 27.5. The molecule has 4 atom stereocenters. The summed E-state index contributed by atoms with van der Waals surface area (Å²) in [5.41, 5.74) is 7.49. The zero-order chi connectivity index (χ0) is 26.0. The van der Waals surface area contributed by atoms with Gasteiger partial charge in [0.1, 0.15) is 18.1 Å². The Labute approximate surface area is 204 Å². The fourth-order valence-electron chi connectivity index (χ4n) is 3.43. The Bertz CT molecular complexity index is 980. The highest BCUT2D eigenvalue weighted by Crippen LogP contribution is 2.08. The molecule has 0 saturated carbocycles. The average Bonchev–Trinajstić information content (AvgIpc) is 3.31. The van der Waals surface area contributed by atoms with Crippen LogP contribution in [0.4, 0.5) is 0 Å². The van der Waals surface area contributed by atoms with E-state index in [0.717, 1.165) is 5.56 Å². The van der Waals surface area contributed by atoms with Crippen molar-refractivity contribution in [3.05, 3.63) is 54.1 Å². The number of carboxylic acid groups (broad SMARTS) is 1. The monoisotopic (exact) mass is 486 g/mol. The van der Waals surface area contributed by atoms with E-state index in [1.54, 1.807) is 0 Å². The number of carbonyl (C=O) groups excluding carboxylic acids is 3. The highest BCUT2D eigenvalue weighted by Gasteiger charge is 2.29. The Morgan fingerprint density at radius 3 is 2.17 bits per heavy atom. The molecule has 4 unspecified atom stereocenters. The molecule has 0 fully saturated rings. The fourth-order valence-corrected chi connectivity index (χ4v) is 3.43. The lowest BCUT2D eigenvalue weighted by atomic mass is 10.0. The van der Waals surface area contributed by atoms with E-state index in [0.29, 0.717) is 18.5 Å². The molecule has 11 nitrogen and oxygen atoms in total. The van der Waals surface area contributed by atoms with E-state index in [4.69, 9.17) is 5.73 Å². The van der Waals surface area contributed by atoms with Gasteiger partial charge in [-0.25, -0.2) is 9.78 Å². The number of H-pyrrole nitrogens is 1. The van der Waals surface area contributed by atoms with Crippen LogP contribution >= 0.6 is 0 Å². The van der Waals surface area contributed by atoms with E-state index in [1.165, 1.54) is 19.4 Å². The third kappa shape index (κ3) is 9.20. The van der Waals surface area contributed by atoms with Crippen molar-refractivity contribution in [2.24, 2.45) is 11.7 Å². The molecule has 0 aliphatic heterocycles. The number of carboxylic acids is 1. The summed E-state index contributed by atoms with van der Waals surface area (Å²) in [6.07, 6.45) is 3.53. The van der Waals surface area contributed by atoms with Crippen LogP contribution in [0.5, 0.6) is 0 Å². The van der Waals surface area contributed by atoms with Gasteiger partial charge in [-0.1, -0.05) is 44.2 Å². The summed E-state index contributed by atoms with van der Waals surface area (Å²) in [6, 6.07) is 5.31. The molecule has 0 aliphatic rings. The number of aliphatic carboxylic acids is 1. The lowest BCUT2D eigenvalue weighted by molar-refractivity contribution is -0.142. The first-order chi connectivity index (χ1) is 16.6. The van der Waals surface area contributed by atoms with Gasteiger partial charge in [-0.05, 0) is 31.2 Å². The van der Waals surface area contributed by atoms with Crippen LogP contribution in [-0.2, 0) is 32.0 Å². The minimum atomic E-state index is -1.22. The quantitative estimate of drug-likeness (QED) is 0.233. The number of rotatable bonds is 13. The number of benzene rings is 1. The predicted octanol–water partition coefficient (Wildman–Crippen LogP) is 0.127. The number of aromatic nitrogens is 2. The molecule has 35 heavy (non-hydrogen) atoms. The second-order valence-electron chi connectivity index (χ2n) is 8.90. The highest BCUT2D eigenvalue weighted by molar-refractivity contribution is 5.94. The zero-order valence-corrected chi connectivity index (χ0v) is 20.2. The molecule has 11 heteroatoms. The van der Waals surface area contributed by atoms with Crippen molar-refractivity contribution in [3.63, 3.8) is 0 Å². The number of amides is 3. The van der Waals surface area contributed by atoms with Crippen LogP contribution in [0.25, 0.3) is 0 Å². The molecule has 190 valence electrons. The van der Waals surface area contributed by atoms with Crippen LogP contribution in [0.15, 0.2) is 42.9 Å². The SMILES string of the molecule is CC(C)CC(NC(=O)C(N)Cc1ccccc1)C(=O)NC(C)C(=O)NC(Cc1cnc[nH]1)C(=O)O. The third-order valence-electron chi connectivity index (χ3n) is 5.32. The van der Waals surface area contributed by atoms with Crippen LogP contribution in [0.2, 0.25) is 0 Å². The Hall–Kier alpha value is -3.73. The molecule has 0 spiro atoms. The van der Waals surface area contributed by atoms with Gasteiger partial charge in [-0.2, -0.15) is 0 Å². The van der Waals surface area contributed by atoms with Crippen LogP contribution in [0, 0.1) is 5.92 Å². The van der Waals surface area contributed by atoms with Gasteiger partial charge < -0.3 is 31.8 Å². The number of hydrogen-bond donors (Lipinski definition) is 6. The maximum atomic E-state index is 12.9. The topological polar surface area (TPSA) is 179 Å². The zero-order valence-electron chi connectivity index (χ0n) is 20.2. The summed E-state index contributed by atoms with van der Waals surface area (Å²) in [5.74, 6) is -2.84. The van der Waals surface area contributed by atoms with Crippen molar-refractivity contribution in [1.82, 2.24) is 25.9 Å². The van der Waals surface area contributed by atoms with Crippen LogP contribution < -0.4 is 21.7 Å². The van der Waals surface area contributed by atoms with Crippen LogP contribution in [0.1, 0.15) is 38.4 Å². The number of imidazole rings is 1. The van der Waals surface area contributed by atoms with Crippen LogP contribution in [-0.4, -0.2) is 62.9 Å². The van der Waals surface area contributed by atoms with Crippen molar-refractivity contribution < 1.29 is 24.3 Å². The molecular formula is C24H34N6O5. The van der Waals surface area contributed by atoms with Gasteiger partial charge in [0.2, 0.25) is 17.7 Å². The third-order valence-corrected chi connectivity index (χ3v) is 5.32. The molecule has 0 aliphatic carbocycles. The second-order valence-corrected chi connectivity index (χ2v) is 8.90. The Balaban J connectivity index is 1.97. The first-order valence-corrected chi connectivity index (χ1v) is 11.5. The summed E-state index contributed by atoms with van der Waals surface area (Å²) < 4.78 is 0. The van der Waals surface area contributed by atoms with Gasteiger partial charge in [-0.3, -0.25) is 14.4 Å². The van der Waals surface area contributed by atoms with Crippen molar-refractivity contribution in [1.29, 1.82) is 0 Å². The van der Waals surface area contributed by atoms with Crippen molar-refractivity contribution in [3.8, 4) is 0 Å². The Morgan fingerprint density at radius 2 is 1.60 bits per heavy atom. The highest BCUT2D eigenvalue weighted by atomic mass is 16.4. The predicted molar refractivity (Wildman–Crippen MR) is 129 cm³/mol. The minimum absolute atomic E-state index is 0.00702. The maximum Gasteiger partial charge on any atom is 0.326 e. The van der Waals surface area contributed by atoms with E-state index < -0.39 is 47.9 Å². The molecule has 3 amide bonds. The average molecular weight is 487 g/mol. The number of nitrogens with two attached hydrogens (primary N) is 1. The van der Waals surface area contributed by atoms with Gasteiger partial charge in [-0.15, -0.1) is 0 Å². The van der Waals surface area contributed by atoms with E-state index in [2.05, 4.69) is 25.9 Å². The molecule has 0 bridgehead atoms. The normalized spacial score (nSPS) is 14.4.